The number of halogens is 1. The average molecular weight is 477 g/mol. The van der Waals surface area contributed by atoms with Crippen LogP contribution in [0.1, 0.15) is 35.2 Å². The van der Waals surface area contributed by atoms with Crippen molar-refractivity contribution in [3.8, 4) is 5.75 Å². The second-order valence-electron chi connectivity index (χ2n) is 8.99. The Labute approximate surface area is 204 Å². The number of nitrogens with zero attached hydrogens (tertiary/aromatic N) is 2. The second kappa shape index (κ2) is 10.6. The molecule has 1 aromatic carbocycles. The lowest BCUT2D eigenvalue weighted by molar-refractivity contribution is 0.300. The number of fused-ring (bicyclic) bond motifs is 1. The molecule has 0 radical (unpaired) electrons. The number of aryl methyl sites for hydroxylation is 1. The summed E-state index contributed by atoms with van der Waals surface area (Å²) in [6.45, 7) is 4.57. The van der Waals surface area contributed by atoms with Crippen LogP contribution in [0.5, 0.6) is 5.75 Å². The van der Waals surface area contributed by atoms with E-state index in [1.54, 1.807) is 23.0 Å². The first kappa shape index (κ1) is 22.8. The van der Waals surface area contributed by atoms with Gasteiger partial charge in [-0.1, -0.05) is 29.8 Å². The number of ether oxygens (including phenoxy) is 1. The fraction of sp³-hybridized carbons (Fsp3) is 0.333. The summed E-state index contributed by atoms with van der Waals surface area (Å²) < 4.78 is 7.45. The monoisotopic (exact) mass is 476 g/mol. The van der Waals surface area contributed by atoms with Gasteiger partial charge in [0.1, 0.15) is 12.4 Å². The van der Waals surface area contributed by atoms with Crippen LogP contribution in [0.3, 0.4) is 0 Å². The molecule has 0 spiro atoms. The van der Waals surface area contributed by atoms with Gasteiger partial charge in [0.2, 0.25) is 0 Å². The molecule has 0 amide bonds. The van der Waals surface area contributed by atoms with Gasteiger partial charge < -0.3 is 15.4 Å². The normalized spacial score (nSPS) is 15.4. The van der Waals surface area contributed by atoms with Crippen molar-refractivity contribution in [2.24, 2.45) is 5.92 Å². The Morgan fingerprint density at radius 2 is 2.06 bits per heavy atom. The van der Waals surface area contributed by atoms with Crippen molar-refractivity contribution in [3.05, 3.63) is 92.6 Å². The third-order valence-corrected chi connectivity index (χ3v) is 6.70. The summed E-state index contributed by atoms with van der Waals surface area (Å²) in [6, 6.07) is 13.6. The van der Waals surface area contributed by atoms with E-state index < -0.39 is 0 Å². The Kier molecular flexibility index (Phi) is 7.09. The Bertz CT molecular complexity index is 1230. The summed E-state index contributed by atoms with van der Waals surface area (Å²) in [5.74, 6) is 1.37. The number of benzene rings is 1. The predicted octanol–water partition coefficient (Wildman–Crippen LogP) is 4.12. The minimum Gasteiger partial charge on any atom is -0.487 e. The maximum Gasteiger partial charge on any atom is 0.258 e. The van der Waals surface area contributed by atoms with Crippen LogP contribution in [0.15, 0.2) is 59.7 Å². The quantitative estimate of drug-likeness (QED) is 0.455. The first-order valence-corrected chi connectivity index (χ1v) is 12.2. The molecule has 5 rings (SSSR count). The van der Waals surface area contributed by atoms with E-state index in [9.17, 15) is 4.79 Å². The molecule has 0 atom stereocenters. The predicted molar refractivity (Wildman–Crippen MR) is 136 cm³/mol. The molecular formula is C27H29ClN4O2. The Morgan fingerprint density at radius 1 is 1.15 bits per heavy atom. The number of hydrogen-bond acceptors (Lipinski definition) is 5. The highest BCUT2D eigenvalue weighted by atomic mass is 35.5. The van der Waals surface area contributed by atoms with Gasteiger partial charge in [0.25, 0.3) is 5.56 Å². The topological polar surface area (TPSA) is 68.2 Å². The summed E-state index contributed by atoms with van der Waals surface area (Å²) in [7, 11) is 0. The van der Waals surface area contributed by atoms with E-state index in [4.69, 9.17) is 16.3 Å². The van der Waals surface area contributed by atoms with Crippen LogP contribution in [0.4, 0.5) is 0 Å². The van der Waals surface area contributed by atoms with Crippen LogP contribution < -0.4 is 20.9 Å². The van der Waals surface area contributed by atoms with Gasteiger partial charge in [0.05, 0.1) is 10.7 Å². The first-order chi connectivity index (χ1) is 16.6. The van der Waals surface area contributed by atoms with E-state index in [-0.39, 0.29) is 12.2 Å². The highest BCUT2D eigenvalue weighted by molar-refractivity contribution is 6.30. The van der Waals surface area contributed by atoms with Crippen LogP contribution in [0, 0.1) is 5.92 Å². The molecule has 2 aliphatic rings. The minimum absolute atomic E-state index is 0.0984. The lowest BCUT2D eigenvalue weighted by Crippen LogP contribution is -2.43. The number of allylic oxidation sites excluding steroid dienone is 1. The molecule has 6 nitrogen and oxygen atoms in total. The van der Waals surface area contributed by atoms with Crippen LogP contribution in [-0.4, -0.2) is 29.2 Å². The van der Waals surface area contributed by atoms with Gasteiger partial charge in [0.15, 0.2) is 0 Å². The molecular weight excluding hydrogens is 448 g/mol. The van der Waals surface area contributed by atoms with E-state index in [0.717, 1.165) is 56.3 Å². The molecule has 1 aliphatic heterocycles. The zero-order valence-corrected chi connectivity index (χ0v) is 19.9. The van der Waals surface area contributed by atoms with E-state index in [0.29, 0.717) is 10.8 Å². The van der Waals surface area contributed by atoms with Crippen molar-refractivity contribution in [2.45, 2.75) is 32.4 Å². The number of pyridine rings is 2. The number of aromatic nitrogens is 2. The molecule has 2 N–H and O–H groups in total. The fourth-order valence-electron chi connectivity index (χ4n) is 4.36. The minimum atomic E-state index is -0.0984. The highest BCUT2D eigenvalue weighted by Gasteiger charge is 2.16. The lowest BCUT2D eigenvalue weighted by Gasteiger charge is -2.27. The fourth-order valence-corrected chi connectivity index (χ4v) is 4.47. The van der Waals surface area contributed by atoms with Gasteiger partial charge in [-0.2, -0.15) is 0 Å². The molecule has 3 heterocycles. The molecule has 2 aromatic heterocycles. The third kappa shape index (κ3) is 5.58. The molecule has 1 saturated heterocycles. The molecule has 0 bridgehead atoms. The smallest absolute Gasteiger partial charge is 0.258 e. The van der Waals surface area contributed by atoms with Crippen LogP contribution in [0.25, 0.3) is 11.8 Å². The summed E-state index contributed by atoms with van der Waals surface area (Å²) in [5.41, 5.74) is 5.50. The van der Waals surface area contributed by atoms with Crippen molar-refractivity contribution < 1.29 is 4.74 Å². The highest BCUT2D eigenvalue weighted by Crippen LogP contribution is 2.27. The lowest BCUT2D eigenvalue weighted by atomic mass is 9.93. The van der Waals surface area contributed by atoms with Gasteiger partial charge in [-0.15, -0.1) is 0 Å². The van der Waals surface area contributed by atoms with E-state index >= 15 is 0 Å². The summed E-state index contributed by atoms with van der Waals surface area (Å²) in [4.78, 5) is 17.0. The zero-order chi connectivity index (χ0) is 23.3. The molecule has 0 unspecified atom stereocenters. The maximum atomic E-state index is 12.8. The number of nitrogens with one attached hydrogen (secondary N) is 2. The number of rotatable bonds is 9. The summed E-state index contributed by atoms with van der Waals surface area (Å²) in [5, 5.41) is 7.47. The molecule has 1 fully saturated rings. The summed E-state index contributed by atoms with van der Waals surface area (Å²) in [6.07, 6.45) is 8.49. The molecule has 34 heavy (non-hydrogen) atoms. The third-order valence-electron chi connectivity index (χ3n) is 6.48. The van der Waals surface area contributed by atoms with Crippen molar-refractivity contribution in [1.29, 1.82) is 0 Å². The largest absolute Gasteiger partial charge is 0.487 e. The molecule has 1 aliphatic carbocycles. The zero-order valence-electron chi connectivity index (χ0n) is 19.1. The van der Waals surface area contributed by atoms with E-state index in [1.807, 2.05) is 12.1 Å². The van der Waals surface area contributed by atoms with Gasteiger partial charge >= 0.3 is 0 Å². The Hall–Kier alpha value is -2.93. The SMILES string of the molecule is O=c1cc(OCc2ccc(Cl)cn2)ccn1C1=Cc2ccc(CNCCC3CNC3)cc2CC1. The molecule has 176 valence electrons. The molecule has 7 heteroatoms. The van der Waals surface area contributed by atoms with Crippen molar-refractivity contribution in [1.82, 2.24) is 20.2 Å². The first-order valence-electron chi connectivity index (χ1n) is 11.8. The average Bonchev–Trinajstić information content (AvgIpc) is 2.82. The van der Waals surface area contributed by atoms with Crippen LogP contribution in [0.2, 0.25) is 5.02 Å². The van der Waals surface area contributed by atoms with Gasteiger partial charge in [-0.3, -0.25) is 14.3 Å². The molecule has 0 saturated carbocycles. The van der Waals surface area contributed by atoms with Crippen LogP contribution in [-0.2, 0) is 19.6 Å². The van der Waals surface area contributed by atoms with Gasteiger partial charge in [-0.25, -0.2) is 0 Å². The summed E-state index contributed by atoms with van der Waals surface area (Å²) >= 11 is 5.86. The Morgan fingerprint density at radius 3 is 2.82 bits per heavy atom. The van der Waals surface area contributed by atoms with Crippen molar-refractivity contribution in [3.63, 3.8) is 0 Å². The standard InChI is InChI=1S/C27H29ClN4O2/c28-23-4-5-24(31-17-23)18-34-26-8-10-32(27(33)13-26)25-6-3-21-11-19(1-2-22(21)12-25)14-29-9-7-20-15-30-16-20/h1-2,4-5,8,10-13,17,20,29-30H,3,6-7,9,14-16,18H2. The van der Waals surface area contributed by atoms with Gasteiger partial charge in [0, 0.05) is 30.7 Å². The van der Waals surface area contributed by atoms with Crippen molar-refractivity contribution >= 4 is 23.4 Å². The maximum absolute atomic E-state index is 12.8. The van der Waals surface area contributed by atoms with E-state index in [1.165, 1.54) is 29.2 Å². The number of hydrogen-bond donors (Lipinski definition) is 2. The molecule has 3 aromatic rings. The van der Waals surface area contributed by atoms with E-state index in [2.05, 4.69) is 39.9 Å². The Balaban J connectivity index is 1.20. The van der Waals surface area contributed by atoms with Gasteiger partial charge in [-0.05, 0) is 85.8 Å². The second-order valence-corrected chi connectivity index (χ2v) is 9.42. The van der Waals surface area contributed by atoms with Crippen molar-refractivity contribution in [2.75, 3.05) is 19.6 Å². The van der Waals surface area contributed by atoms with Crippen LogP contribution >= 0.6 is 11.6 Å².